The number of aldehydes is 1. The van der Waals surface area contributed by atoms with E-state index < -0.39 is 0 Å². The summed E-state index contributed by atoms with van der Waals surface area (Å²) in [5.74, 6) is 0. The minimum atomic E-state index is 0.188. The van der Waals surface area contributed by atoms with Gasteiger partial charge in [0.15, 0.2) is 0 Å². The van der Waals surface area contributed by atoms with Gasteiger partial charge in [-0.2, -0.15) is 0 Å². The zero-order valence-corrected chi connectivity index (χ0v) is 7.57. The Morgan fingerprint density at radius 2 is 1.62 bits per heavy atom. The molecule has 0 atom stereocenters. The van der Waals surface area contributed by atoms with E-state index >= 15 is 0 Å². The van der Waals surface area contributed by atoms with E-state index in [1.807, 2.05) is 24.3 Å². The van der Waals surface area contributed by atoms with Crippen molar-refractivity contribution in [2.24, 2.45) is 0 Å². The lowest BCUT2D eigenvalue weighted by Gasteiger charge is -2.00. The van der Waals surface area contributed by atoms with Crippen LogP contribution < -0.4 is 0 Å². The van der Waals surface area contributed by atoms with Gasteiger partial charge < -0.3 is 9.90 Å². The van der Waals surface area contributed by atoms with Crippen LogP contribution in [0.15, 0.2) is 24.3 Å². The zero-order chi connectivity index (χ0) is 9.52. The van der Waals surface area contributed by atoms with Crippen LogP contribution in [0, 0.1) is 0 Å². The molecule has 0 saturated carbocycles. The minimum Gasteiger partial charge on any atom is -0.396 e. The van der Waals surface area contributed by atoms with E-state index in [1.54, 1.807) is 0 Å². The van der Waals surface area contributed by atoms with E-state index in [1.165, 1.54) is 5.56 Å². The van der Waals surface area contributed by atoms with E-state index in [2.05, 4.69) is 0 Å². The SMILES string of the molecule is O=CCCc1ccc(CCO)cc1. The maximum atomic E-state index is 10.1. The average molecular weight is 178 g/mol. The van der Waals surface area contributed by atoms with Crippen LogP contribution in [0.25, 0.3) is 0 Å². The van der Waals surface area contributed by atoms with Gasteiger partial charge in [0.05, 0.1) is 0 Å². The van der Waals surface area contributed by atoms with Crippen molar-refractivity contribution < 1.29 is 9.90 Å². The van der Waals surface area contributed by atoms with E-state index in [9.17, 15) is 4.79 Å². The standard InChI is InChI=1S/C11H14O2/c12-8-1-2-10-3-5-11(6-4-10)7-9-13/h3-6,8,13H,1-2,7,9H2. The monoisotopic (exact) mass is 178 g/mol. The van der Waals surface area contributed by atoms with Crippen LogP contribution in [0.1, 0.15) is 17.5 Å². The molecule has 0 saturated heterocycles. The summed E-state index contributed by atoms with van der Waals surface area (Å²) in [5, 5.41) is 8.68. The highest BCUT2D eigenvalue weighted by Gasteiger charge is 1.93. The number of aryl methyl sites for hydroxylation is 1. The topological polar surface area (TPSA) is 37.3 Å². The molecule has 0 heterocycles. The first-order valence-corrected chi connectivity index (χ1v) is 4.49. The summed E-state index contributed by atoms with van der Waals surface area (Å²) >= 11 is 0. The first kappa shape index (κ1) is 9.93. The van der Waals surface area contributed by atoms with Crippen LogP contribution >= 0.6 is 0 Å². The van der Waals surface area contributed by atoms with Gasteiger partial charge in [-0.15, -0.1) is 0 Å². The van der Waals surface area contributed by atoms with Crippen molar-refractivity contribution in [1.29, 1.82) is 0 Å². The molecule has 0 unspecified atom stereocenters. The number of carbonyl (C=O) groups excluding carboxylic acids is 1. The lowest BCUT2D eigenvalue weighted by molar-refractivity contribution is -0.107. The first-order chi connectivity index (χ1) is 6.36. The fraction of sp³-hybridized carbons (Fsp3) is 0.364. The molecule has 0 aromatic heterocycles. The lowest BCUT2D eigenvalue weighted by atomic mass is 10.1. The third kappa shape index (κ3) is 3.38. The van der Waals surface area contributed by atoms with Crippen molar-refractivity contribution in [3.63, 3.8) is 0 Å². The normalized spacial score (nSPS) is 9.92. The molecular weight excluding hydrogens is 164 g/mol. The Balaban J connectivity index is 2.53. The second kappa shape index (κ2) is 5.49. The second-order valence-electron chi connectivity index (χ2n) is 3.00. The summed E-state index contributed by atoms with van der Waals surface area (Å²) in [5.41, 5.74) is 2.31. The van der Waals surface area contributed by atoms with Crippen LogP contribution in [0.5, 0.6) is 0 Å². The molecule has 0 amide bonds. The Morgan fingerprint density at radius 3 is 2.08 bits per heavy atom. The van der Waals surface area contributed by atoms with Gasteiger partial charge in [-0.1, -0.05) is 24.3 Å². The van der Waals surface area contributed by atoms with Crippen molar-refractivity contribution in [2.45, 2.75) is 19.3 Å². The third-order valence-corrected chi connectivity index (χ3v) is 1.97. The number of hydrogen-bond acceptors (Lipinski definition) is 2. The number of carbonyl (C=O) groups is 1. The molecule has 70 valence electrons. The molecule has 0 radical (unpaired) electrons. The fourth-order valence-corrected chi connectivity index (χ4v) is 1.23. The number of benzene rings is 1. The molecule has 0 aliphatic carbocycles. The van der Waals surface area contributed by atoms with Crippen LogP contribution in [0.2, 0.25) is 0 Å². The zero-order valence-electron chi connectivity index (χ0n) is 7.57. The van der Waals surface area contributed by atoms with Gasteiger partial charge in [-0.25, -0.2) is 0 Å². The molecular formula is C11H14O2. The number of hydrogen-bond donors (Lipinski definition) is 1. The van der Waals surface area contributed by atoms with E-state index in [0.717, 1.165) is 18.3 Å². The van der Waals surface area contributed by atoms with E-state index in [0.29, 0.717) is 12.8 Å². The Hall–Kier alpha value is -1.15. The molecule has 0 aliphatic heterocycles. The summed E-state index contributed by atoms with van der Waals surface area (Å²) in [4.78, 5) is 10.1. The minimum absolute atomic E-state index is 0.188. The summed E-state index contributed by atoms with van der Waals surface area (Å²) in [7, 11) is 0. The van der Waals surface area contributed by atoms with Gasteiger partial charge in [-0.3, -0.25) is 0 Å². The van der Waals surface area contributed by atoms with E-state index in [4.69, 9.17) is 5.11 Å². The van der Waals surface area contributed by atoms with Gasteiger partial charge in [0, 0.05) is 13.0 Å². The molecule has 0 fully saturated rings. The smallest absolute Gasteiger partial charge is 0.120 e. The highest BCUT2D eigenvalue weighted by molar-refractivity contribution is 5.50. The van der Waals surface area contributed by atoms with Gasteiger partial charge in [0.25, 0.3) is 0 Å². The van der Waals surface area contributed by atoms with Gasteiger partial charge in [-0.05, 0) is 24.0 Å². The third-order valence-electron chi connectivity index (χ3n) is 1.97. The summed E-state index contributed by atoms with van der Waals surface area (Å²) in [6, 6.07) is 8.01. The van der Waals surface area contributed by atoms with E-state index in [-0.39, 0.29) is 6.61 Å². The second-order valence-corrected chi connectivity index (χ2v) is 3.00. The molecule has 1 N–H and O–H groups in total. The van der Waals surface area contributed by atoms with Crippen LogP contribution in [0.4, 0.5) is 0 Å². The predicted molar refractivity (Wildman–Crippen MR) is 51.6 cm³/mol. The summed E-state index contributed by atoms with van der Waals surface area (Å²) in [6.45, 7) is 0.188. The lowest BCUT2D eigenvalue weighted by Crippen LogP contribution is -1.91. The van der Waals surface area contributed by atoms with Crippen molar-refractivity contribution in [2.75, 3.05) is 6.61 Å². The van der Waals surface area contributed by atoms with Crippen molar-refractivity contribution in [3.8, 4) is 0 Å². The highest BCUT2D eigenvalue weighted by atomic mass is 16.2. The molecule has 0 bridgehead atoms. The largest absolute Gasteiger partial charge is 0.396 e. The summed E-state index contributed by atoms with van der Waals surface area (Å²) < 4.78 is 0. The Bertz CT molecular complexity index is 251. The molecule has 1 aromatic carbocycles. The fourth-order valence-electron chi connectivity index (χ4n) is 1.23. The average Bonchev–Trinajstić information content (AvgIpc) is 2.17. The van der Waals surface area contributed by atoms with Gasteiger partial charge in [0.1, 0.15) is 6.29 Å². The first-order valence-electron chi connectivity index (χ1n) is 4.49. The highest BCUT2D eigenvalue weighted by Crippen LogP contribution is 2.06. The van der Waals surface area contributed by atoms with Gasteiger partial charge >= 0.3 is 0 Å². The predicted octanol–water partition coefficient (Wildman–Crippen LogP) is 1.35. The van der Waals surface area contributed by atoms with Crippen LogP contribution in [-0.4, -0.2) is 18.0 Å². The molecule has 13 heavy (non-hydrogen) atoms. The van der Waals surface area contributed by atoms with Crippen LogP contribution in [0.3, 0.4) is 0 Å². The van der Waals surface area contributed by atoms with Crippen molar-refractivity contribution in [3.05, 3.63) is 35.4 Å². The van der Waals surface area contributed by atoms with Gasteiger partial charge in [0.2, 0.25) is 0 Å². The number of rotatable bonds is 5. The number of aliphatic hydroxyl groups is 1. The molecule has 2 heteroatoms. The maximum Gasteiger partial charge on any atom is 0.120 e. The molecule has 1 aromatic rings. The summed E-state index contributed by atoms with van der Waals surface area (Å²) in [6.07, 6.45) is 3.03. The molecule has 0 spiro atoms. The Morgan fingerprint density at radius 1 is 1.08 bits per heavy atom. The molecule has 0 aliphatic rings. The number of aliphatic hydroxyl groups excluding tert-OH is 1. The van der Waals surface area contributed by atoms with Crippen molar-refractivity contribution in [1.82, 2.24) is 0 Å². The molecule has 1 rings (SSSR count). The quantitative estimate of drug-likeness (QED) is 0.691. The van der Waals surface area contributed by atoms with Crippen molar-refractivity contribution >= 4 is 6.29 Å². The maximum absolute atomic E-state index is 10.1. The Labute approximate surface area is 78.2 Å². The van der Waals surface area contributed by atoms with Crippen LogP contribution in [-0.2, 0) is 17.6 Å². The Kier molecular flexibility index (Phi) is 4.19. The molecule has 2 nitrogen and oxygen atoms in total.